The van der Waals surface area contributed by atoms with Crippen molar-refractivity contribution >= 4 is 75.9 Å². The van der Waals surface area contributed by atoms with E-state index in [-0.39, 0.29) is 105 Å². The van der Waals surface area contributed by atoms with Crippen LogP contribution >= 0.6 is 0 Å². The number of aromatic amines is 1. The second kappa shape index (κ2) is 76.4. The molecular weight excluding hydrogens is 1480 g/mol. The van der Waals surface area contributed by atoms with Crippen molar-refractivity contribution in [2.75, 3.05) is 262 Å². The molecule has 0 saturated heterocycles. The molecule has 30 N–H and O–H groups in total. The van der Waals surface area contributed by atoms with E-state index in [9.17, 15) is 52.7 Å². The first-order valence-corrected chi connectivity index (χ1v) is 42.0. The standard InChI is InChI=1S/C76H148N28O11/c77-20-21-79-22-23-80-24-33-85-42-51-94-66(105)10-3-11-67(106)95-52-43-86-34-25-81-26-35-87-44-53-96-68(107)12-4-13-69(108)97-54-45-88-36-27-82-28-37-89-46-55-98-70(109)14-5-15-71(110)99-56-47-90-38-29-83-30-39-91-48-57-100-72(111)16-6-17-73(112)101-58-49-92-40-31-84-32-41-93-50-59-102-74(113)18-7-19-75(114)104-76(115)64(78)60-62-61-103-65-9-2-1-8-63(62)65/h1-2,8-9,61,64,79-93,103H,3-7,10-60,77-78H2,(H,94,105)(H,95,106)(H,96,107)(H,97,108)(H,98,109)(H,99,110)(H,100,111)(H,101,112)(H,102,113)(H,104,114,115)/t64-/m0/s1. The van der Waals surface area contributed by atoms with Gasteiger partial charge in [0.2, 0.25) is 65.0 Å². The first kappa shape index (κ1) is 104. The number of hydrogen-bond acceptors (Lipinski definition) is 28. The van der Waals surface area contributed by atoms with Gasteiger partial charge in [-0.3, -0.25) is 58.1 Å². The third-order valence-corrected chi connectivity index (χ3v) is 17.5. The van der Waals surface area contributed by atoms with Crippen molar-refractivity contribution in [2.24, 2.45) is 11.5 Å². The van der Waals surface area contributed by atoms with Crippen LogP contribution < -0.4 is 144 Å². The van der Waals surface area contributed by atoms with E-state index in [1.165, 1.54) is 0 Å². The van der Waals surface area contributed by atoms with Gasteiger partial charge < -0.3 is 144 Å². The van der Waals surface area contributed by atoms with Gasteiger partial charge in [-0.1, -0.05) is 18.2 Å². The third-order valence-electron chi connectivity index (χ3n) is 17.5. The van der Waals surface area contributed by atoms with Crippen molar-refractivity contribution in [1.29, 1.82) is 0 Å². The van der Waals surface area contributed by atoms with Crippen molar-refractivity contribution in [3.8, 4) is 0 Å². The molecule has 0 aliphatic heterocycles. The maximum atomic E-state index is 12.5. The fourth-order valence-corrected chi connectivity index (χ4v) is 11.1. The van der Waals surface area contributed by atoms with Gasteiger partial charge in [0.15, 0.2) is 0 Å². The van der Waals surface area contributed by atoms with Gasteiger partial charge in [-0.2, -0.15) is 0 Å². The van der Waals surface area contributed by atoms with E-state index in [0.29, 0.717) is 182 Å². The molecule has 0 fully saturated rings. The number of carbonyl (C=O) groups is 11. The fraction of sp³-hybridized carbons (Fsp3) is 0.750. The Bertz CT molecular complexity index is 2870. The number of nitrogens with one attached hydrogen (secondary N) is 26. The predicted octanol–water partition coefficient (Wildman–Crippen LogP) is -8.62. The van der Waals surface area contributed by atoms with Crippen LogP contribution in [0.3, 0.4) is 0 Å². The van der Waals surface area contributed by atoms with E-state index in [2.05, 4.69) is 138 Å². The summed E-state index contributed by atoms with van der Waals surface area (Å²) in [5.41, 5.74) is 13.4. The number of benzene rings is 1. The van der Waals surface area contributed by atoms with Gasteiger partial charge in [0.05, 0.1) is 6.04 Å². The normalized spacial score (nSPS) is 11.4. The summed E-state index contributed by atoms with van der Waals surface area (Å²) in [7, 11) is 0. The lowest BCUT2D eigenvalue weighted by atomic mass is 10.0. The minimum Gasteiger partial charge on any atom is -0.361 e. The Morgan fingerprint density at radius 2 is 0.452 bits per heavy atom. The molecule has 0 spiro atoms. The van der Waals surface area contributed by atoms with E-state index in [1.807, 2.05) is 30.5 Å². The van der Waals surface area contributed by atoms with Gasteiger partial charge in [-0.25, -0.2) is 0 Å². The van der Waals surface area contributed by atoms with E-state index in [1.54, 1.807) is 0 Å². The minimum absolute atomic E-state index is 0.0412. The predicted molar refractivity (Wildman–Crippen MR) is 452 cm³/mol. The molecule has 1 aromatic carbocycles. The summed E-state index contributed by atoms with van der Waals surface area (Å²) in [6.07, 6.45) is 6.90. The number of rotatable bonds is 82. The molecule has 0 aliphatic carbocycles. The zero-order valence-corrected chi connectivity index (χ0v) is 68.7. The molecule has 0 unspecified atom stereocenters. The van der Waals surface area contributed by atoms with Crippen LogP contribution in [0.4, 0.5) is 0 Å². The minimum atomic E-state index is -0.878. The number of imide groups is 1. The lowest BCUT2D eigenvalue weighted by molar-refractivity contribution is -0.132. The Morgan fingerprint density at radius 1 is 0.261 bits per heavy atom. The molecule has 2 aromatic rings. The van der Waals surface area contributed by atoms with E-state index >= 15 is 0 Å². The largest absolute Gasteiger partial charge is 0.361 e. The van der Waals surface area contributed by atoms with Gasteiger partial charge in [0.1, 0.15) is 0 Å². The van der Waals surface area contributed by atoms with Crippen molar-refractivity contribution in [3.05, 3.63) is 36.0 Å². The molecule has 1 aromatic heterocycles. The summed E-state index contributed by atoms with van der Waals surface area (Å²) in [4.78, 5) is 138. The van der Waals surface area contributed by atoms with Crippen LogP contribution in [0.15, 0.2) is 30.5 Å². The second-order valence-electron chi connectivity index (χ2n) is 27.5. The van der Waals surface area contributed by atoms with E-state index in [4.69, 9.17) is 11.5 Å². The highest BCUT2D eigenvalue weighted by molar-refractivity contribution is 5.98. The molecule has 2 rings (SSSR count). The molecule has 0 saturated carbocycles. The lowest BCUT2D eigenvalue weighted by Crippen LogP contribution is -2.44. The van der Waals surface area contributed by atoms with Gasteiger partial charge >= 0.3 is 0 Å². The number of nitrogens with two attached hydrogens (primary N) is 2. The highest BCUT2D eigenvalue weighted by Gasteiger charge is 2.19. The smallest absolute Gasteiger partial charge is 0.243 e. The van der Waals surface area contributed by atoms with Crippen molar-refractivity contribution in [2.45, 2.75) is 109 Å². The van der Waals surface area contributed by atoms with Crippen LogP contribution in [0, 0.1) is 0 Å². The quantitative estimate of drug-likeness (QED) is 0.0274. The maximum absolute atomic E-state index is 12.5. The van der Waals surface area contributed by atoms with E-state index < -0.39 is 17.9 Å². The first-order chi connectivity index (χ1) is 56.2. The molecule has 0 aliphatic rings. The number of aromatic nitrogens is 1. The van der Waals surface area contributed by atoms with Crippen LogP contribution in [-0.4, -0.2) is 338 Å². The number of hydrogen-bond donors (Lipinski definition) is 28. The summed E-state index contributed by atoms with van der Waals surface area (Å²) in [6.45, 7) is 27.1. The molecule has 0 bridgehead atoms. The molecular formula is C76H148N28O11. The molecule has 658 valence electrons. The Hall–Kier alpha value is -7.55. The van der Waals surface area contributed by atoms with Gasteiger partial charge in [-0.15, -0.1) is 0 Å². The SMILES string of the molecule is NCCNCCNCCNCCNC(=O)CCCC(=O)NCCNCCNCCNCCNC(=O)CCCC(=O)NCCNCCNCCNCCNC(=O)CCCC(=O)NCCNCCNCCNCCNC(=O)CCCC(=O)NCCNCCNCCNCCNC(=O)CCCC(=O)NC(=O)[C@@H](N)Cc1c[nH]c2ccccc12. The summed E-state index contributed by atoms with van der Waals surface area (Å²) in [5, 5.41) is 78.6. The molecule has 11 amide bonds. The highest BCUT2D eigenvalue weighted by Crippen LogP contribution is 2.19. The maximum Gasteiger partial charge on any atom is 0.243 e. The summed E-state index contributed by atoms with van der Waals surface area (Å²) in [5.74, 6) is -1.78. The molecule has 39 nitrogen and oxygen atoms in total. The van der Waals surface area contributed by atoms with Gasteiger partial charge in [0, 0.05) is 343 Å². The Labute approximate surface area is 681 Å². The molecule has 1 atom stereocenters. The zero-order valence-electron chi connectivity index (χ0n) is 68.7. The molecule has 39 heteroatoms. The summed E-state index contributed by atoms with van der Waals surface area (Å²) in [6, 6.07) is 6.83. The number of H-pyrrole nitrogens is 1. The molecule has 115 heavy (non-hydrogen) atoms. The summed E-state index contributed by atoms with van der Waals surface area (Å²) >= 11 is 0. The average Bonchev–Trinajstić information content (AvgIpc) is 1.69. The molecule has 1 heterocycles. The average molecular weight is 1630 g/mol. The molecule has 0 radical (unpaired) electrons. The number of fused-ring (bicyclic) bond motifs is 1. The van der Waals surface area contributed by atoms with Crippen molar-refractivity contribution in [1.82, 2.24) is 138 Å². The van der Waals surface area contributed by atoms with E-state index in [0.717, 1.165) is 147 Å². The first-order valence-electron chi connectivity index (χ1n) is 42.0. The lowest BCUT2D eigenvalue weighted by Gasteiger charge is -2.11. The van der Waals surface area contributed by atoms with Crippen molar-refractivity contribution in [3.63, 3.8) is 0 Å². The number of amides is 11. The number of para-hydroxylation sites is 1. The van der Waals surface area contributed by atoms with Crippen LogP contribution in [0.25, 0.3) is 10.9 Å². The van der Waals surface area contributed by atoms with Crippen LogP contribution in [0.1, 0.15) is 102 Å². The van der Waals surface area contributed by atoms with Crippen LogP contribution in [-0.2, 0) is 59.2 Å². The topological polar surface area (TPSA) is 556 Å². The van der Waals surface area contributed by atoms with Gasteiger partial charge in [-0.05, 0) is 50.2 Å². The van der Waals surface area contributed by atoms with Crippen LogP contribution in [0.5, 0.6) is 0 Å². The van der Waals surface area contributed by atoms with Crippen molar-refractivity contribution < 1.29 is 52.7 Å². The Balaban J connectivity index is 1.20. The highest BCUT2D eigenvalue weighted by atomic mass is 16.2. The number of carbonyl (C=O) groups excluding carboxylic acids is 11. The third kappa shape index (κ3) is 67.2. The van der Waals surface area contributed by atoms with Crippen LogP contribution in [0.2, 0.25) is 0 Å². The monoisotopic (exact) mass is 1630 g/mol. The Kier molecular flexibility index (Phi) is 68.8. The van der Waals surface area contributed by atoms with Gasteiger partial charge in [0.25, 0.3) is 0 Å². The second-order valence-corrected chi connectivity index (χ2v) is 27.5. The zero-order chi connectivity index (χ0) is 83.2. The summed E-state index contributed by atoms with van der Waals surface area (Å²) < 4.78 is 0. The Morgan fingerprint density at radius 3 is 0.670 bits per heavy atom. The fourth-order valence-electron chi connectivity index (χ4n) is 11.1.